The SMILES string of the molecule is CNC(=N)OONC(=O)S. The highest BCUT2D eigenvalue weighted by atomic mass is 32.1. The fourth-order valence-corrected chi connectivity index (χ4v) is 0.177. The summed E-state index contributed by atoms with van der Waals surface area (Å²) in [6.45, 7) is 0. The molecular formula is C3H7N3O3S. The predicted molar refractivity (Wildman–Crippen MR) is 36.5 cm³/mol. The molecule has 3 N–H and O–H groups in total. The van der Waals surface area contributed by atoms with Gasteiger partial charge < -0.3 is 5.32 Å². The van der Waals surface area contributed by atoms with E-state index in [-0.39, 0.29) is 6.02 Å². The number of rotatable bonds is 2. The zero-order valence-corrected chi connectivity index (χ0v) is 6.07. The van der Waals surface area contributed by atoms with Crippen LogP contribution in [0.3, 0.4) is 0 Å². The molecular weight excluding hydrogens is 158 g/mol. The van der Waals surface area contributed by atoms with Gasteiger partial charge in [0, 0.05) is 7.05 Å². The van der Waals surface area contributed by atoms with Crippen molar-refractivity contribution in [1.82, 2.24) is 10.8 Å². The van der Waals surface area contributed by atoms with Gasteiger partial charge in [0.15, 0.2) is 0 Å². The number of hydrogen-bond donors (Lipinski definition) is 4. The minimum absolute atomic E-state index is 0.318. The van der Waals surface area contributed by atoms with Crippen LogP contribution in [0, 0.1) is 5.41 Å². The van der Waals surface area contributed by atoms with Crippen LogP contribution in [0.25, 0.3) is 0 Å². The van der Waals surface area contributed by atoms with Gasteiger partial charge in [0.1, 0.15) is 0 Å². The molecule has 6 nitrogen and oxygen atoms in total. The van der Waals surface area contributed by atoms with Gasteiger partial charge in [-0.25, -0.2) is 5.41 Å². The van der Waals surface area contributed by atoms with E-state index in [9.17, 15) is 4.79 Å². The molecule has 0 saturated carbocycles. The van der Waals surface area contributed by atoms with Crippen molar-refractivity contribution in [1.29, 1.82) is 5.41 Å². The van der Waals surface area contributed by atoms with Crippen LogP contribution in [-0.2, 0) is 9.88 Å². The van der Waals surface area contributed by atoms with Crippen molar-refractivity contribution in [3.63, 3.8) is 0 Å². The Kier molecular flexibility index (Phi) is 4.42. The van der Waals surface area contributed by atoms with Crippen LogP contribution in [0.15, 0.2) is 0 Å². The lowest BCUT2D eigenvalue weighted by Crippen LogP contribution is -2.26. The highest BCUT2D eigenvalue weighted by Gasteiger charge is 1.94. The Morgan fingerprint density at radius 2 is 2.30 bits per heavy atom. The number of carbonyl (C=O) groups excluding carboxylic acids is 1. The van der Waals surface area contributed by atoms with E-state index in [1.54, 1.807) is 5.48 Å². The fraction of sp³-hybridized carbons (Fsp3) is 0.333. The Labute approximate surface area is 62.7 Å². The molecule has 0 bridgehead atoms. The standard InChI is InChI=1S/C3H7N3O3S/c1-5-2(4)8-9-6-3(7)10/h1H3,(H2,4,5)(H2,6,7,10). The van der Waals surface area contributed by atoms with E-state index in [4.69, 9.17) is 5.41 Å². The maximum absolute atomic E-state index is 9.97. The zero-order chi connectivity index (χ0) is 7.98. The highest BCUT2D eigenvalue weighted by molar-refractivity contribution is 7.96. The molecule has 0 heterocycles. The van der Waals surface area contributed by atoms with Crippen LogP contribution in [0.1, 0.15) is 0 Å². The van der Waals surface area contributed by atoms with E-state index >= 15 is 0 Å². The summed E-state index contributed by atoms with van der Waals surface area (Å²) in [6, 6.07) is -0.318. The maximum Gasteiger partial charge on any atom is 0.322 e. The van der Waals surface area contributed by atoms with Crippen molar-refractivity contribution in [2.45, 2.75) is 0 Å². The lowest BCUT2D eigenvalue weighted by molar-refractivity contribution is -0.258. The summed E-state index contributed by atoms with van der Waals surface area (Å²) in [5, 5.41) is 8.34. The Morgan fingerprint density at radius 3 is 2.70 bits per heavy atom. The molecule has 0 aliphatic heterocycles. The van der Waals surface area contributed by atoms with E-state index in [0.29, 0.717) is 0 Å². The van der Waals surface area contributed by atoms with Gasteiger partial charge in [-0.05, 0) is 0 Å². The number of nitrogens with one attached hydrogen (secondary N) is 3. The monoisotopic (exact) mass is 165 g/mol. The second-order valence-corrected chi connectivity index (χ2v) is 1.56. The van der Waals surface area contributed by atoms with Crippen LogP contribution >= 0.6 is 12.6 Å². The molecule has 0 aromatic rings. The number of hydroxylamine groups is 1. The minimum atomic E-state index is -0.705. The van der Waals surface area contributed by atoms with Crippen molar-refractivity contribution >= 4 is 23.9 Å². The third kappa shape index (κ3) is 5.19. The van der Waals surface area contributed by atoms with E-state index in [1.807, 2.05) is 0 Å². The molecule has 0 aliphatic rings. The average molecular weight is 165 g/mol. The first kappa shape index (κ1) is 9.05. The second kappa shape index (κ2) is 4.89. The number of amidine groups is 1. The Bertz CT molecular complexity index is 139. The zero-order valence-electron chi connectivity index (χ0n) is 5.17. The largest absolute Gasteiger partial charge is 0.341 e. The smallest absolute Gasteiger partial charge is 0.322 e. The van der Waals surface area contributed by atoms with Crippen molar-refractivity contribution in [3.8, 4) is 0 Å². The molecule has 0 unspecified atom stereocenters. The predicted octanol–water partition coefficient (Wildman–Crippen LogP) is -0.357. The third-order valence-corrected chi connectivity index (χ3v) is 0.572. The minimum Gasteiger partial charge on any atom is -0.341 e. The fourth-order valence-electron chi connectivity index (χ4n) is 0.140. The summed E-state index contributed by atoms with van der Waals surface area (Å²) in [5.41, 5.74) is 1.73. The van der Waals surface area contributed by atoms with Gasteiger partial charge in [0.05, 0.1) is 0 Å². The van der Waals surface area contributed by atoms with Crippen molar-refractivity contribution < 1.29 is 14.7 Å². The van der Waals surface area contributed by atoms with E-state index in [0.717, 1.165) is 0 Å². The van der Waals surface area contributed by atoms with Crippen molar-refractivity contribution in [2.24, 2.45) is 0 Å². The first-order valence-corrected chi connectivity index (χ1v) is 2.70. The molecule has 0 fully saturated rings. The molecule has 0 atom stereocenters. The summed E-state index contributed by atoms with van der Waals surface area (Å²) in [7, 11) is 1.47. The van der Waals surface area contributed by atoms with Crippen LogP contribution in [0.5, 0.6) is 0 Å². The summed E-state index contributed by atoms with van der Waals surface area (Å²) in [5.74, 6) is 0. The van der Waals surface area contributed by atoms with Gasteiger partial charge in [-0.1, -0.05) is 17.6 Å². The van der Waals surface area contributed by atoms with Gasteiger partial charge in [-0.2, -0.15) is 5.48 Å². The average Bonchev–Trinajstić information content (AvgIpc) is 1.87. The second-order valence-electron chi connectivity index (χ2n) is 1.15. The first-order chi connectivity index (χ1) is 4.66. The lowest BCUT2D eigenvalue weighted by Gasteiger charge is -2.01. The summed E-state index contributed by atoms with van der Waals surface area (Å²) >= 11 is 3.28. The normalized spacial score (nSPS) is 8.20. The molecule has 0 aromatic heterocycles. The van der Waals surface area contributed by atoms with E-state index in [2.05, 4.69) is 27.8 Å². The quantitative estimate of drug-likeness (QED) is 0.148. The molecule has 0 aliphatic carbocycles. The van der Waals surface area contributed by atoms with Gasteiger partial charge in [-0.3, -0.25) is 9.68 Å². The molecule has 58 valence electrons. The van der Waals surface area contributed by atoms with Gasteiger partial charge >= 0.3 is 11.3 Å². The van der Waals surface area contributed by atoms with E-state index < -0.39 is 5.24 Å². The van der Waals surface area contributed by atoms with Gasteiger partial charge in [0.2, 0.25) is 0 Å². The Hall–Kier alpha value is -0.950. The third-order valence-electron chi connectivity index (χ3n) is 0.481. The molecule has 10 heavy (non-hydrogen) atoms. The molecule has 0 radical (unpaired) electrons. The summed E-state index contributed by atoms with van der Waals surface area (Å²) in [6.07, 6.45) is 0. The molecule has 0 saturated heterocycles. The summed E-state index contributed by atoms with van der Waals surface area (Å²) in [4.78, 5) is 18.0. The van der Waals surface area contributed by atoms with Crippen LogP contribution < -0.4 is 10.8 Å². The first-order valence-electron chi connectivity index (χ1n) is 2.25. The number of hydrogen-bond acceptors (Lipinski definition) is 4. The number of amides is 1. The molecule has 1 amide bonds. The lowest BCUT2D eigenvalue weighted by atomic mass is 11.1. The summed E-state index contributed by atoms with van der Waals surface area (Å²) < 4.78 is 0. The van der Waals surface area contributed by atoms with Crippen LogP contribution in [-0.4, -0.2) is 18.3 Å². The maximum atomic E-state index is 9.97. The molecule has 7 heteroatoms. The number of thiol groups is 1. The van der Waals surface area contributed by atoms with E-state index in [1.165, 1.54) is 7.05 Å². The Balaban J connectivity index is 3.20. The molecule has 0 spiro atoms. The molecule has 0 rings (SSSR count). The van der Waals surface area contributed by atoms with Crippen LogP contribution in [0.2, 0.25) is 0 Å². The van der Waals surface area contributed by atoms with Crippen LogP contribution in [0.4, 0.5) is 4.79 Å². The van der Waals surface area contributed by atoms with Gasteiger partial charge in [-0.15, -0.1) is 0 Å². The van der Waals surface area contributed by atoms with Crippen molar-refractivity contribution in [2.75, 3.05) is 7.05 Å². The van der Waals surface area contributed by atoms with Gasteiger partial charge in [0.25, 0.3) is 0 Å². The highest BCUT2D eigenvalue weighted by Crippen LogP contribution is 1.77. The topological polar surface area (TPSA) is 83.4 Å². The molecule has 0 aromatic carbocycles. The van der Waals surface area contributed by atoms with Crippen molar-refractivity contribution in [3.05, 3.63) is 0 Å². The Morgan fingerprint density at radius 1 is 1.70 bits per heavy atom. The number of carbonyl (C=O) groups is 1.